The summed E-state index contributed by atoms with van der Waals surface area (Å²) >= 11 is 9.19. The Bertz CT molecular complexity index is 577. The maximum absolute atomic E-state index is 13.8. The molecule has 0 heterocycles. The maximum Gasteiger partial charge on any atom is 0.127 e. The Morgan fingerprint density at radius 1 is 1.26 bits per heavy atom. The lowest BCUT2D eigenvalue weighted by Gasteiger charge is -2.17. The van der Waals surface area contributed by atoms with Crippen molar-refractivity contribution in [3.05, 3.63) is 68.9 Å². The molecule has 2 nitrogen and oxygen atoms in total. The van der Waals surface area contributed by atoms with Crippen molar-refractivity contribution in [3.8, 4) is 0 Å². The second kappa shape index (κ2) is 6.48. The van der Waals surface area contributed by atoms with Crippen LogP contribution in [0.1, 0.15) is 17.2 Å². The molecule has 0 saturated heterocycles. The first-order valence-corrected chi connectivity index (χ1v) is 6.93. The molecular formula is C14H13BrClFN2. The molecule has 2 aromatic carbocycles. The summed E-state index contributed by atoms with van der Waals surface area (Å²) in [6.45, 7) is 0. The molecule has 0 bridgehead atoms. The van der Waals surface area contributed by atoms with Gasteiger partial charge in [-0.25, -0.2) is 4.39 Å². The number of hydrazine groups is 1. The standard InChI is InChI=1S/C14H13BrClFN2/c15-11-5-4-9(13(17)8-11)7-14(19-18)10-2-1-3-12(16)6-10/h1-6,8,14,19H,7,18H2. The number of halogens is 3. The highest BCUT2D eigenvalue weighted by Gasteiger charge is 2.13. The maximum atomic E-state index is 13.8. The molecule has 5 heteroatoms. The average Bonchev–Trinajstić information content (AvgIpc) is 2.38. The molecule has 3 N–H and O–H groups in total. The molecule has 0 aromatic heterocycles. The van der Waals surface area contributed by atoms with Crippen molar-refractivity contribution in [2.45, 2.75) is 12.5 Å². The zero-order valence-electron chi connectivity index (χ0n) is 10.0. The minimum atomic E-state index is -0.253. The van der Waals surface area contributed by atoms with Gasteiger partial charge in [-0.2, -0.15) is 0 Å². The van der Waals surface area contributed by atoms with Crippen LogP contribution in [-0.2, 0) is 6.42 Å². The van der Waals surface area contributed by atoms with Crippen molar-refractivity contribution in [1.29, 1.82) is 0 Å². The molecule has 1 atom stereocenters. The number of nitrogens with one attached hydrogen (secondary N) is 1. The van der Waals surface area contributed by atoms with Gasteiger partial charge in [0.15, 0.2) is 0 Å². The Balaban J connectivity index is 2.24. The summed E-state index contributed by atoms with van der Waals surface area (Å²) in [5.41, 5.74) is 4.23. The van der Waals surface area contributed by atoms with Gasteiger partial charge in [-0.3, -0.25) is 11.3 Å². The van der Waals surface area contributed by atoms with E-state index < -0.39 is 0 Å². The van der Waals surface area contributed by atoms with E-state index in [9.17, 15) is 4.39 Å². The highest BCUT2D eigenvalue weighted by Crippen LogP contribution is 2.23. The molecule has 0 amide bonds. The van der Waals surface area contributed by atoms with Crippen LogP contribution in [0.5, 0.6) is 0 Å². The minimum absolute atomic E-state index is 0.186. The van der Waals surface area contributed by atoms with E-state index in [1.165, 1.54) is 6.07 Å². The number of hydrogen-bond donors (Lipinski definition) is 2. The summed E-state index contributed by atoms with van der Waals surface area (Å²) in [4.78, 5) is 0. The van der Waals surface area contributed by atoms with Gasteiger partial charge in [0, 0.05) is 9.50 Å². The molecule has 1 unspecified atom stereocenters. The number of rotatable bonds is 4. The van der Waals surface area contributed by atoms with Gasteiger partial charge in [0.2, 0.25) is 0 Å². The van der Waals surface area contributed by atoms with E-state index in [1.54, 1.807) is 12.1 Å². The molecular weight excluding hydrogens is 331 g/mol. The third-order valence-corrected chi connectivity index (χ3v) is 3.62. The van der Waals surface area contributed by atoms with Crippen LogP contribution in [-0.4, -0.2) is 0 Å². The summed E-state index contributed by atoms with van der Waals surface area (Å²) in [5, 5.41) is 0.633. The molecule has 0 aliphatic carbocycles. The minimum Gasteiger partial charge on any atom is -0.271 e. The predicted octanol–water partition coefficient (Wildman–Crippen LogP) is 3.99. The van der Waals surface area contributed by atoms with Crippen LogP contribution < -0.4 is 11.3 Å². The zero-order chi connectivity index (χ0) is 13.8. The fraction of sp³-hybridized carbons (Fsp3) is 0.143. The zero-order valence-corrected chi connectivity index (χ0v) is 12.4. The van der Waals surface area contributed by atoms with Gasteiger partial charge in [-0.05, 0) is 41.8 Å². The topological polar surface area (TPSA) is 38.0 Å². The predicted molar refractivity (Wildman–Crippen MR) is 79.3 cm³/mol. The summed E-state index contributed by atoms with van der Waals surface area (Å²) in [6, 6.07) is 12.2. The average molecular weight is 344 g/mol. The van der Waals surface area contributed by atoms with Crippen LogP contribution in [0.2, 0.25) is 5.02 Å². The van der Waals surface area contributed by atoms with E-state index in [4.69, 9.17) is 17.4 Å². The molecule has 2 rings (SSSR count). The van der Waals surface area contributed by atoms with Crippen LogP contribution in [0.4, 0.5) is 4.39 Å². The molecule has 100 valence electrons. The SMILES string of the molecule is NNC(Cc1ccc(Br)cc1F)c1cccc(Cl)c1. The monoisotopic (exact) mass is 342 g/mol. The second-order valence-electron chi connectivity index (χ2n) is 4.21. The van der Waals surface area contributed by atoms with Gasteiger partial charge in [-0.1, -0.05) is 45.7 Å². The van der Waals surface area contributed by atoms with E-state index in [-0.39, 0.29) is 11.9 Å². The van der Waals surface area contributed by atoms with Crippen molar-refractivity contribution in [3.63, 3.8) is 0 Å². The number of hydrogen-bond acceptors (Lipinski definition) is 2. The fourth-order valence-electron chi connectivity index (χ4n) is 1.90. The highest BCUT2D eigenvalue weighted by atomic mass is 79.9. The highest BCUT2D eigenvalue weighted by molar-refractivity contribution is 9.10. The first-order chi connectivity index (χ1) is 9.10. The van der Waals surface area contributed by atoms with Crippen molar-refractivity contribution in [2.75, 3.05) is 0 Å². The van der Waals surface area contributed by atoms with Crippen LogP contribution in [0.25, 0.3) is 0 Å². The van der Waals surface area contributed by atoms with Crippen molar-refractivity contribution < 1.29 is 4.39 Å². The summed E-state index contributed by atoms with van der Waals surface area (Å²) in [7, 11) is 0. The molecule has 2 aromatic rings. The number of benzene rings is 2. The molecule has 0 spiro atoms. The van der Waals surface area contributed by atoms with Gasteiger partial charge in [0.1, 0.15) is 5.82 Å². The van der Waals surface area contributed by atoms with Crippen molar-refractivity contribution >= 4 is 27.5 Å². The van der Waals surface area contributed by atoms with E-state index in [1.807, 2.05) is 24.3 Å². The molecule has 0 aliphatic rings. The van der Waals surface area contributed by atoms with Crippen molar-refractivity contribution in [1.82, 2.24) is 5.43 Å². The van der Waals surface area contributed by atoms with E-state index in [0.717, 1.165) is 5.56 Å². The normalized spacial score (nSPS) is 12.4. The third kappa shape index (κ3) is 3.76. The van der Waals surface area contributed by atoms with Gasteiger partial charge in [0.05, 0.1) is 6.04 Å². The molecule has 19 heavy (non-hydrogen) atoms. The Morgan fingerprint density at radius 3 is 2.68 bits per heavy atom. The smallest absolute Gasteiger partial charge is 0.127 e. The summed E-state index contributed by atoms with van der Waals surface area (Å²) < 4.78 is 14.5. The number of nitrogens with two attached hydrogens (primary N) is 1. The lowest BCUT2D eigenvalue weighted by atomic mass is 9.99. The van der Waals surface area contributed by atoms with Crippen LogP contribution in [0.15, 0.2) is 46.9 Å². The molecule has 0 saturated carbocycles. The molecule has 0 aliphatic heterocycles. The van der Waals surface area contributed by atoms with E-state index in [2.05, 4.69) is 21.4 Å². The lowest BCUT2D eigenvalue weighted by molar-refractivity contribution is 0.529. The van der Waals surface area contributed by atoms with Gasteiger partial charge >= 0.3 is 0 Å². The quantitative estimate of drug-likeness (QED) is 0.651. The van der Waals surface area contributed by atoms with Gasteiger partial charge in [0.25, 0.3) is 0 Å². The van der Waals surface area contributed by atoms with E-state index >= 15 is 0 Å². The largest absolute Gasteiger partial charge is 0.271 e. The first kappa shape index (κ1) is 14.5. The van der Waals surface area contributed by atoms with Crippen LogP contribution in [0, 0.1) is 5.82 Å². The summed E-state index contributed by atoms with van der Waals surface area (Å²) in [5.74, 6) is 5.30. The molecule has 0 radical (unpaired) electrons. The Labute approximate surface area is 124 Å². The lowest BCUT2D eigenvalue weighted by Crippen LogP contribution is -2.29. The second-order valence-corrected chi connectivity index (χ2v) is 5.57. The Morgan fingerprint density at radius 2 is 2.05 bits per heavy atom. The van der Waals surface area contributed by atoms with Gasteiger partial charge in [-0.15, -0.1) is 0 Å². The molecule has 0 fully saturated rings. The third-order valence-electron chi connectivity index (χ3n) is 2.89. The fourth-order valence-corrected chi connectivity index (χ4v) is 2.44. The Kier molecular flexibility index (Phi) is 4.93. The van der Waals surface area contributed by atoms with Crippen molar-refractivity contribution in [2.24, 2.45) is 5.84 Å². The van der Waals surface area contributed by atoms with E-state index in [0.29, 0.717) is 21.5 Å². The van der Waals surface area contributed by atoms with Crippen LogP contribution in [0.3, 0.4) is 0 Å². The summed E-state index contributed by atoms with van der Waals surface area (Å²) in [6.07, 6.45) is 0.454. The van der Waals surface area contributed by atoms with Gasteiger partial charge < -0.3 is 0 Å². The first-order valence-electron chi connectivity index (χ1n) is 5.75. The Hall–Kier alpha value is -0.940. The van der Waals surface area contributed by atoms with Crippen LogP contribution >= 0.6 is 27.5 Å².